The molecule has 0 aliphatic rings. The van der Waals surface area contributed by atoms with Crippen LogP contribution in [0.15, 0.2) is 24.3 Å². The van der Waals surface area contributed by atoms with E-state index in [-0.39, 0.29) is 5.91 Å². The summed E-state index contributed by atoms with van der Waals surface area (Å²) in [6, 6.07) is 7.20. The minimum absolute atomic E-state index is 0.0503. The van der Waals surface area contributed by atoms with Crippen molar-refractivity contribution in [3.05, 3.63) is 24.3 Å². The Morgan fingerprint density at radius 3 is 2.44 bits per heavy atom. The van der Waals surface area contributed by atoms with Crippen molar-refractivity contribution in [1.82, 2.24) is 4.90 Å². The van der Waals surface area contributed by atoms with Gasteiger partial charge in [-0.15, -0.1) is 0 Å². The van der Waals surface area contributed by atoms with Crippen LogP contribution in [0.5, 0.6) is 0 Å². The zero-order chi connectivity index (χ0) is 13.4. The number of benzene rings is 1. The number of hydrogen-bond acceptors (Lipinski definition) is 3. The Labute approximate surface area is 109 Å². The van der Waals surface area contributed by atoms with Gasteiger partial charge in [0.25, 0.3) is 0 Å². The summed E-state index contributed by atoms with van der Waals surface area (Å²) in [4.78, 5) is 14.0. The maximum atomic E-state index is 11.8. The number of nitrogens with two attached hydrogens (primary N) is 1. The van der Waals surface area contributed by atoms with Crippen LogP contribution in [0.25, 0.3) is 0 Å². The molecule has 4 nitrogen and oxygen atoms in total. The highest BCUT2D eigenvalue weighted by Gasteiger charge is 2.06. The largest absolute Gasteiger partial charge is 0.399 e. The number of nitrogens with one attached hydrogen (secondary N) is 1. The van der Waals surface area contributed by atoms with Crippen LogP contribution in [-0.2, 0) is 4.79 Å². The van der Waals surface area contributed by atoms with Crippen LogP contribution >= 0.6 is 0 Å². The fraction of sp³-hybridized carbons (Fsp3) is 0.500. The molecule has 0 unspecified atom stereocenters. The van der Waals surface area contributed by atoms with Gasteiger partial charge in [-0.1, -0.05) is 13.8 Å². The zero-order valence-corrected chi connectivity index (χ0v) is 11.3. The van der Waals surface area contributed by atoms with E-state index in [1.54, 1.807) is 12.1 Å². The predicted octanol–water partition coefficient (Wildman–Crippen LogP) is 2.33. The van der Waals surface area contributed by atoms with Gasteiger partial charge in [0.1, 0.15) is 0 Å². The molecular weight excluding hydrogens is 226 g/mol. The van der Waals surface area contributed by atoms with Gasteiger partial charge >= 0.3 is 0 Å². The topological polar surface area (TPSA) is 58.4 Å². The number of rotatable bonds is 7. The molecule has 1 aromatic rings. The van der Waals surface area contributed by atoms with Gasteiger partial charge in [-0.2, -0.15) is 0 Å². The molecule has 0 spiro atoms. The van der Waals surface area contributed by atoms with Gasteiger partial charge < -0.3 is 16.0 Å². The molecule has 1 rings (SSSR count). The first kappa shape index (κ1) is 14.5. The Balaban J connectivity index is 2.35. The molecule has 0 fully saturated rings. The summed E-state index contributed by atoms with van der Waals surface area (Å²) in [5.74, 6) is 0.0503. The summed E-state index contributed by atoms with van der Waals surface area (Å²) in [7, 11) is 0. The van der Waals surface area contributed by atoms with Gasteiger partial charge in [-0.3, -0.25) is 4.79 Å². The first-order valence-corrected chi connectivity index (χ1v) is 6.53. The maximum Gasteiger partial charge on any atom is 0.225 e. The second kappa shape index (κ2) is 7.71. The summed E-state index contributed by atoms with van der Waals surface area (Å²) < 4.78 is 0. The molecule has 0 saturated heterocycles. The van der Waals surface area contributed by atoms with Crippen molar-refractivity contribution in [3.8, 4) is 0 Å². The normalized spacial score (nSPS) is 10.6. The minimum Gasteiger partial charge on any atom is -0.399 e. The second-order valence-electron chi connectivity index (χ2n) is 4.35. The fourth-order valence-corrected chi connectivity index (χ4v) is 1.79. The number of amides is 1. The van der Waals surface area contributed by atoms with E-state index in [4.69, 9.17) is 5.73 Å². The zero-order valence-electron chi connectivity index (χ0n) is 11.3. The molecule has 0 radical (unpaired) electrons. The average molecular weight is 249 g/mol. The lowest BCUT2D eigenvalue weighted by atomic mass is 10.2. The molecule has 0 bridgehead atoms. The molecule has 0 aliphatic heterocycles. The Bertz CT molecular complexity index is 362. The van der Waals surface area contributed by atoms with Gasteiger partial charge in [0, 0.05) is 24.3 Å². The second-order valence-corrected chi connectivity index (χ2v) is 4.35. The van der Waals surface area contributed by atoms with Crippen molar-refractivity contribution >= 4 is 17.3 Å². The van der Waals surface area contributed by atoms with Crippen LogP contribution in [0.4, 0.5) is 11.4 Å². The van der Waals surface area contributed by atoms with Crippen molar-refractivity contribution in [2.75, 3.05) is 30.7 Å². The Hall–Kier alpha value is -1.55. The van der Waals surface area contributed by atoms with Crippen LogP contribution in [0.1, 0.15) is 26.7 Å². The third-order valence-electron chi connectivity index (χ3n) is 2.84. The molecule has 0 heterocycles. The quantitative estimate of drug-likeness (QED) is 0.729. The molecule has 0 atom stereocenters. The number of carbonyl (C=O) groups excluding carboxylic acids is 1. The predicted molar refractivity (Wildman–Crippen MR) is 76.5 cm³/mol. The highest BCUT2D eigenvalue weighted by Crippen LogP contribution is 2.10. The fourth-order valence-electron chi connectivity index (χ4n) is 1.79. The van der Waals surface area contributed by atoms with E-state index in [0.717, 1.165) is 31.7 Å². The highest BCUT2D eigenvalue weighted by atomic mass is 16.1. The van der Waals surface area contributed by atoms with Crippen molar-refractivity contribution in [2.24, 2.45) is 0 Å². The smallest absolute Gasteiger partial charge is 0.225 e. The van der Waals surface area contributed by atoms with Crippen molar-refractivity contribution in [2.45, 2.75) is 26.7 Å². The number of carbonyl (C=O) groups is 1. The van der Waals surface area contributed by atoms with Gasteiger partial charge in [0.15, 0.2) is 0 Å². The van der Waals surface area contributed by atoms with Crippen LogP contribution in [-0.4, -0.2) is 30.4 Å². The Morgan fingerprint density at radius 1 is 1.22 bits per heavy atom. The van der Waals surface area contributed by atoms with Gasteiger partial charge in [-0.05, 0) is 43.8 Å². The molecule has 0 aromatic heterocycles. The van der Waals surface area contributed by atoms with Crippen LogP contribution in [0.3, 0.4) is 0 Å². The third kappa shape index (κ3) is 5.19. The average Bonchev–Trinajstić information content (AvgIpc) is 2.37. The van der Waals surface area contributed by atoms with Crippen LogP contribution in [0.2, 0.25) is 0 Å². The van der Waals surface area contributed by atoms with Crippen molar-refractivity contribution in [3.63, 3.8) is 0 Å². The molecule has 0 saturated carbocycles. The lowest BCUT2D eigenvalue weighted by Gasteiger charge is -2.18. The van der Waals surface area contributed by atoms with Crippen LogP contribution < -0.4 is 11.1 Å². The SMILES string of the molecule is CCCN(CC)CCC(=O)Nc1ccc(N)cc1. The lowest BCUT2D eigenvalue weighted by Crippen LogP contribution is -2.28. The van der Waals surface area contributed by atoms with E-state index >= 15 is 0 Å². The summed E-state index contributed by atoms with van der Waals surface area (Å²) in [6.45, 7) is 7.12. The number of hydrogen-bond donors (Lipinski definition) is 2. The van der Waals surface area contributed by atoms with Crippen LogP contribution in [0, 0.1) is 0 Å². The summed E-state index contributed by atoms with van der Waals surface area (Å²) in [6.07, 6.45) is 1.64. The van der Waals surface area contributed by atoms with E-state index in [1.807, 2.05) is 12.1 Å². The number of anilines is 2. The Kier molecular flexibility index (Phi) is 6.22. The van der Waals surface area contributed by atoms with Gasteiger partial charge in [0.2, 0.25) is 5.91 Å². The van der Waals surface area contributed by atoms with E-state index in [1.165, 1.54) is 0 Å². The number of nitrogen functional groups attached to an aromatic ring is 1. The lowest BCUT2D eigenvalue weighted by molar-refractivity contribution is -0.116. The molecule has 1 aromatic carbocycles. The highest BCUT2D eigenvalue weighted by molar-refractivity contribution is 5.90. The molecule has 100 valence electrons. The molecule has 18 heavy (non-hydrogen) atoms. The van der Waals surface area contributed by atoms with E-state index in [2.05, 4.69) is 24.1 Å². The van der Waals surface area contributed by atoms with E-state index in [9.17, 15) is 4.79 Å². The molecule has 1 amide bonds. The van der Waals surface area contributed by atoms with Gasteiger partial charge in [0.05, 0.1) is 0 Å². The molecule has 3 N–H and O–H groups in total. The standard InChI is InChI=1S/C14H23N3O/c1-3-10-17(4-2)11-9-14(18)16-13-7-5-12(15)6-8-13/h5-8H,3-4,9-11,15H2,1-2H3,(H,16,18). The Morgan fingerprint density at radius 2 is 1.89 bits per heavy atom. The first-order chi connectivity index (χ1) is 8.65. The minimum atomic E-state index is 0.0503. The summed E-state index contributed by atoms with van der Waals surface area (Å²) in [5, 5.41) is 2.87. The maximum absolute atomic E-state index is 11.8. The number of nitrogens with zero attached hydrogens (tertiary/aromatic N) is 1. The summed E-state index contributed by atoms with van der Waals surface area (Å²) >= 11 is 0. The van der Waals surface area contributed by atoms with Gasteiger partial charge in [-0.25, -0.2) is 0 Å². The monoisotopic (exact) mass is 249 g/mol. The molecule has 4 heteroatoms. The first-order valence-electron chi connectivity index (χ1n) is 6.53. The van der Waals surface area contributed by atoms with Crippen molar-refractivity contribution < 1.29 is 4.79 Å². The molecular formula is C14H23N3O. The van der Waals surface area contributed by atoms with E-state index in [0.29, 0.717) is 12.1 Å². The molecule has 0 aliphatic carbocycles. The van der Waals surface area contributed by atoms with E-state index < -0.39 is 0 Å². The third-order valence-corrected chi connectivity index (χ3v) is 2.84. The van der Waals surface area contributed by atoms with Crippen molar-refractivity contribution in [1.29, 1.82) is 0 Å². The summed E-state index contributed by atoms with van der Waals surface area (Å²) in [5.41, 5.74) is 7.09.